The van der Waals surface area contributed by atoms with E-state index in [0.29, 0.717) is 19.4 Å². The first-order chi connectivity index (χ1) is 13.5. The first-order valence-corrected chi connectivity index (χ1v) is 8.94. The zero-order valence-electron chi connectivity index (χ0n) is 15.3. The molecule has 148 valence electrons. The fraction of sp³-hybridized carbons (Fsp3) is 0.300. The summed E-state index contributed by atoms with van der Waals surface area (Å²) in [6.45, 7) is 0.687. The van der Waals surface area contributed by atoms with Gasteiger partial charge in [0, 0.05) is 25.1 Å². The van der Waals surface area contributed by atoms with Crippen molar-refractivity contribution in [1.29, 1.82) is 0 Å². The fourth-order valence-electron chi connectivity index (χ4n) is 2.35. The zero-order chi connectivity index (χ0) is 20.2. The highest BCUT2D eigenvalue weighted by molar-refractivity contribution is 5.72. The van der Waals surface area contributed by atoms with E-state index in [0.717, 1.165) is 12.0 Å². The van der Waals surface area contributed by atoms with E-state index >= 15 is 0 Å². The number of hydrogen-bond donors (Lipinski definition) is 1. The van der Waals surface area contributed by atoms with Gasteiger partial charge in [-0.15, -0.1) is 0 Å². The first-order valence-electron chi connectivity index (χ1n) is 8.94. The second-order valence-corrected chi connectivity index (χ2v) is 6.02. The van der Waals surface area contributed by atoms with Crippen LogP contribution in [0.4, 0.5) is 10.5 Å². The van der Waals surface area contributed by atoms with Crippen molar-refractivity contribution in [3.63, 3.8) is 0 Å². The monoisotopic (exact) mass is 386 g/mol. The quantitative estimate of drug-likeness (QED) is 0.217. The SMILES string of the molecule is O=C(CCCCCNC(=O)OCc1ccccc1)Oc1ccc([N+](=O)[O-])cc1. The van der Waals surface area contributed by atoms with E-state index in [1.54, 1.807) is 0 Å². The molecule has 0 heterocycles. The normalized spacial score (nSPS) is 10.1. The molecule has 0 atom stereocenters. The maximum Gasteiger partial charge on any atom is 0.407 e. The van der Waals surface area contributed by atoms with Gasteiger partial charge in [-0.3, -0.25) is 14.9 Å². The molecule has 2 aromatic rings. The molecule has 0 saturated heterocycles. The van der Waals surface area contributed by atoms with E-state index in [1.165, 1.54) is 24.3 Å². The van der Waals surface area contributed by atoms with Crippen molar-refractivity contribution >= 4 is 17.7 Å². The number of rotatable bonds is 10. The lowest BCUT2D eigenvalue weighted by Crippen LogP contribution is -2.25. The van der Waals surface area contributed by atoms with Gasteiger partial charge in [0.2, 0.25) is 0 Å². The van der Waals surface area contributed by atoms with Gasteiger partial charge in [-0.1, -0.05) is 36.8 Å². The molecule has 2 rings (SSSR count). The number of nitrogens with one attached hydrogen (secondary N) is 1. The van der Waals surface area contributed by atoms with Gasteiger partial charge in [0.25, 0.3) is 5.69 Å². The molecule has 0 aliphatic rings. The number of ether oxygens (including phenoxy) is 2. The summed E-state index contributed by atoms with van der Waals surface area (Å²) in [6, 6.07) is 14.8. The molecule has 8 heteroatoms. The predicted molar refractivity (Wildman–Crippen MR) is 102 cm³/mol. The second kappa shape index (κ2) is 11.3. The van der Waals surface area contributed by atoms with Crippen LogP contribution in [0.25, 0.3) is 0 Å². The third kappa shape index (κ3) is 7.86. The summed E-state index contributed by atoms with van der Waals surface area (Å²) in [5.74, 6) is -0.123. The molecule has 0 saturated carbocycles. The Balaban J connectivity index is 1.52. The number of alkyl carbamates (subject to hydrolysis) is 1. The smallest absolute Gasteiger partial charge is 0.407 e. The number of nitro benzene ring substituents is 1. The highest BCUT2D eigenvalue weighted by Crippen LogP contribution is 2.18. The molecule has 8 nitrogen and oxygen atoms in total. The number of carbonyl (C=O) groups is 2. The van der Waals surface area contributed by atoms with Crippen LogP contribution in [0.5, 0.6) is 5.75 Å². The summed E-state index contributed by atoms with van der Waals surface area (Å²) in [5, 5.41) is 13.2. The topological polar surface area (TPSA) is 108 Å². The molecule has 1 amide bonds. The minimum absolute atomic E-state index is 0.0606. The average molecular weight is 386 g/mol. The molecule has 0 aliphatic carbocycles. The van der Waals surface area contributed by atoms with E-state index in [2.05, 4.69) is 5.32 Å². The summed E-state index contributed by atoms with van der Waals surface area (Å²) in [7, 11) is 0. The standard InChI is InChI=1S/C20H22N2O6/c23-19(28-18-12-10-17(11-13-18)22(25)26)9-5-2-6-14-21-20(24)27-15-16-7-3-1-4-8-16/h1,3-4,7-8,10-13H,2,5-6,9,14-15H2,(H,21,24). The number of non-ortho nitro benzene ring substituents is 1. The Kier molecular flexibility index (Phi) is 8.45. The second-order valence-electron chi connectivity index (χ2n) is 6.02. The number of unbranched alkanes of at least 4 members (excludes halogenated alkanes) is 2. The van der Waals surface area contributed by atoms with Crippen LogP contribution < -0.4 is 10.1 Å². The summed E-state index contributed by atoms with van der Waals surface area (Å²) in [5.41, 5.74) is 0.860. The van der Waals surface area contributed by atoms with Gasteiger partial charge < -0.3 is 14.8 Å². The third-order valence-corrected chi connectivity index (χ3v) is 3.82. The molecular weight excluding hydrogens is 364 g/mol. The van der Waals surface area contributed by atoms with E-state index < -0.39 is 17.0 Å². The van der Waals surface area contributed by atoms with Crippen LogP contribution in [-0.2, 0) is 16.1 Å². The van der Waals surface area contributed by atoms with E-state index in [-0.39, 0.29) is 24.5 Å². The van der Waals surface area contributed by atoms with Gasteiger partial charge in [-0.05, 0) is 30.5 Å². The van der Waals surface area contributed by atoms with Crippen LogP contribution in [0.2, 0.25) is 0 Å². The van der Waals surface area contributed by atoms with Gasteiger partial charge in [0.1, 0.15) is 12.4 Å². The minimum atomic E-state index is -0.517. The molecule has 0 fully saturated rings. The Bertz CT molecular complexity index is 777. The number of nitrogens with zero attached hydrogens (tertiary/aromatic N) is 1. The highest BCUT2D eigenvalue weighted by Gasteiger charge is 2.08. The van der Waals surface area contributed by atoms with Crippen molar-refractivity contribution in [1.82, 2.24) is 5.32 Å². The number of hydrogen-bond acceptors (Lipinski definition) is 6. The summed E-state index contributed by atoms with van der Waals surface area (Å²) in [6.07, 6.45) is 1.84. The number of benzene rings is 2. The number of nitro groups is 1. The average Bonchev–Trinajstić information content (AvgIpc) is 2.70. The van der Waals surface area contributed by atoms with Crippen LogP contribution >= 0.6 is 0 Å². The van der Waals surface area contributed by atoms with E-state index in [1.807, 2.05) is 30.3 Å². The molecule has 0 aliphatic heterocycles. The Labute approximate surface area is 162 Å². The Hall–Kier alpha value is -3.42. The molecule has 0 radical (unpaired) electrons. The Morgan fingerprint density at radius 3 is 2.36 bits per heavy atom. The van der Waals surface area contributed by atoms with Crippen molar-refractivity contribution in [3.05, 3.63) is 70.3 Å². The lowest BCUT2D eigenvalue weighted by Gasteiger charge is -2.07. The van der Waals surface area contributed by atoms with Crippen LogP contribution in [-0.4, -0.2) is 23.5 Å². The van der Waals surface area contributed by atoms with Crippen molar-refractivity contribution in [2.24, 2.45) is 0 Å². The van der Waals surface area contributed by atoms with Crippen molar-refractivity contribution < 1.29 is 24.0 Å². The van der Waals surface area contributed by atoms with Crippen LogP contribution in [0.1, 0.15) is 31.2 Å². The fourth-order valence-corrected chi connectivity index (χ4v) is 2.35. The lowest BCUT2D eigenvalue weighted by atomic mass is 10.2. The molecular formula is C20H22N2O6. The minimum Gasteiger partial charge on any atom is -0.445 e. The molecule has 1 N–H and O–H groups in total. The van der Waals surface area contributed by atoms with E-state index in [4.69, 9.17) is 9.47 Å². The number of amides is 1. The van der Waals surface area contributed by atoms with Gasteiger partial charge in [0.15, 0.2) is 0 Å². The number of carbonyl (C=O) groups excluding carboxylic acids is 2. The molecule has 0 aromatic heterocycles. The Morgan fingerprint density at radius 2 is 1.68 bits per heavy atom. The van der Waals surface area contributed by atoms with Gasteiger partial charge in [0.05, 0.1) is 4.92 Å². The summed E-state index contributed by atoms with van der Waals surface area (Å²) >= 11 is 0. The van der Waals surface area contributed by atoms with Gasteiger partial charge in [-0.25, -0.2) is 4.79 Å². The van der Waals surface area contributed by atoms with Gasteiger partial charge >= 0.3 is 12.1 Å². The van der Waals surface area contributed by atoms with Crippen LogP contribution in [0.15, 0.2) is 54.6 Å². The first kappa shape index (κ1) is 20.9. The largest absolute Gasteiger partial charge is 0.445 e. The van der Waals surface area contributed by atoms with Crippen LogP contribution in [0, 0.1) is 10.1 Å². The van der Waals surface area contributed by atoms with Gasteiger partial charge in [-0.2, -0.15) is 0 Å². The lowest BCUT2D eigenvalue weighted by molar-refractivity contribution is -0.384. The number of esters is 1. The van der Waals surface area contributed by atoms with Crippen molar-refractivity contribution in [2.75, 3.05) is 6.54 Å². The molecule has 0 bridgehead atoms. The van der Waals surface area contributed by atoms with Crippen LogP contribution in [0.3, 0.4) is 0 Å². The third-order valence-electron chi connectivity index (χ3n) is 3.82. The maximum absolute atomic E-state index is 11.7. The van der Waals surface area contributed by atoms with Crippen molar-refractivity contribution in [2.45, 2.75) is 32.3 Å². The summed E-state index contributed by atoms with van der Waals surface area (Å²) in [4.78, 5) is 33.4. The maximum atomic E-state index is 11.7. The van der Waals surface area contributed by atoms with E-state index in [9.17, 15) is 19.7 Å². The highest BCUT2D eigenvalue weighted by atomic mass is 16.6. The molecule has 0 spiro atoms. The zero-order valence-corrected chi connectivity index (χ0v) is 15.3. The van der Waals surface area contributed by atoms with Crippen molar-refractivity contribution in [3.8, 4) is 5.75 Å². The summed E-state index contributed by atoms with van der Waals surface area (Å²) < 4.78 is 10.2. The molecule has 0 unspecified atom stereocenters. The predicted octanol–water partition coefficient (Wildman–Crippen LogP) is 3.99. The Morgan fingerprint density at radius 1 is 0.964 bits per heavy atom. The molecule has 28 heavy (non-hydrogen) atoms. The molecule has 2 aromatic carbocycles.